The van der Waals surface area contributed by atoms with Crippen LogP contribution in [0.15, 0.2) is 23.4 Å². The second kappa shape index (κ2) is 8.43. The van der Waals surface area contributed by atoms with E-state index in [-0.39, 0.29) is 18.9 Å². The number of benzene rings is 1. The number of amides is 1. The molecular weight excluding hydrogens is 274 g/mol. The lowest BCUT2D eigenvalue weighted by Gasteiger charge is -2.11. The lowest BCUT2D eigenvalue weighted by atomic mass is 10.1. The van der Waals surface area contributed by atoms with Gasteiger partial charge in [0.15, 0.2) is 18.1 Å². The molecule has 0 unspecified atom stereocenters. The van der Waals surface area contributed by atoms with Crippen molar-refractivity contribution in [1.82, 2.24) is 5.32 Å². The molecule has 1 aromatic rings. The summed E-state index contributed by atoms with van der Waals surface area (Å²) >= 11 is 0. The van der Waals surface area contributed by atoms with Crippen LogP contribution in [-0.2, 0) is 4.79 Å². The van der Waals surface area contributed by atoms with E-state index >= 15 is 0 Å². The number of methoxy groups -OCH3 is 1. The molecule has 0 bridgehead atoms. The van der Waals surface area contributed by atoms with Gasteiger partial charge in [0.25, 0.3) is 5.91 Å². The van der Waals surface area contributed by atoms with Crippen LogP contribution in [0.4, 0.5) is 0 Å². The van der Waals surface area contributed by atoms with E-state index < -0.39 is 0 Å². The Kier molecular flexibility index (Phi) is 6.54. The van der Waals surface area contributed by atoms with Gasteiger partial charge < -0.3 is 20.0 Å². The number of nitrogens with one attached hydrogen (secondary N) is 1. The van der Waals surface area contributed by atoms with Crippen molar-refractivity contribution < 1.29 is 19.5 Å². The molecule has 0 saturated heterocycles. The van der Waals surface area contributed by atoms with Crippen molar-refractivity contribution in [2.24, 2.45) is 5.16 Å². The molecule has 0 atom stereocenters. The molecule has 0 aliphatic heterocycles. The van der Waals surface area contributed by atoms with Gasteiger partial charge in [-0.3, -0.25) is 4.79 Å². The molecule has 112 valence electrons. The van der Waals surface area contributed by atoms with Crippen LogP contribution in [0, 0.1) is 11.3 Å². The standard InChI is InChI=1S/C14H17N3O4/c1-10(17-19)11-4-5-12(13(8-11)20-2)21-9-14(18)16-7-3-6-15/h4-5,8,19H,3,7,9H2,1-2H3,(H,16,18)/b17-10+. The van der Waals surface area contributed by atoms with Crippen LogP contribution in [0.1, 0.15) is 18.9 Å². The fourth-order valence-corrected chi connectivity index (χ4v) is 1.52. The van der Waals surface area contributed by atoms with Crippen LogP contribution in [0.5, 0.6) is 11.5 Å². The van der Waals surface area contributed by atoms with Gasteiger partial charge >= 0.3 is 0 Å². The molecule has 1 amide bonds. The number of hydrogen-bond donors (Lipinski definition) is 2. The van der Waals surface area contributed by atoms with E-state index in [1.165, 1.54) is 7.11 Å². The Morgan fingerprint density at radius 2 is 2.24 bits per heavy atom. The number of oxime groups is 1. The van der Waals surface area contributed by atoms with E-state index in [9.17, 15) is 4.79 Å². The Bertz CT molecular complexity index is 564. The third-order valence-electron chi connectivity index (χ3n) is 2.65. The van der Waals surface area contributed by atoms with Crippen molar-refractivity contribution in [2.75, 3.05) is 20.3 Å². The molecule has 21 heavy (non-hydrogen) atoms. The van der Waals surface area contributed by atoms with E-state index in [1.54, 1.807) is 25.1 Å². The van der Waals surface area contributed by atoms with Crippen LogP contribution in [0.2, 0.25) is 0 Å². The number of nitriles is 1. The number of hydrogen-bond acceptors (Lipinski definition) is 6. The van der Waals surface area contributed by atoms with Crippen molar-refractivity contribution in [3.05, 3.63) is 23.8 Å². The first-order valence-electron chi connectivity index (χ1n) is 6.26. The van der Waals surface area contributed by atoms with Gasteiger partial charge in [-0.05, 0) is 25.1 Å². The zero-order valence-electron chi connectivity index (χ0n) is 11.9. The average molecular weight is 291 g/mol. The molecule has 1 rings (SSSR count). The van der Waals surface area contributed by atoms with Gasteiger partial charge in [-0.25, -0.2) is 0 Å². The summed E-state index contributed by atoms with van der Waals surface area (Å²) in [5.41, 5.74) is 1.12. The number of rotatable bonds is 7. The van der Waals surface area contributed by atoms with Crippen LogP contribution in [0.3, 0.4) is 0 Å². The van der Waals surface area contributed by atoms with E-state index in [0.29, 0.717) is 29.3 Å². The lowest BCUT2D eigenvalue weighted by molar-refractivity contribution is -0.123. The quantitative estimate of drug-likeness (QED) is 0.341. The molecule has 0 saturated carbocycles. The van der Waals surface area contributed by atoms with Gasteiger partial charge in [0.05, 0.1) is 25.3 Å². The zero-order valence-corrected chi connectivity index (χ0v) is 11.9. The molecular formula is C14H17N3O4. The molecule has 0 aliphatic carbocycles. The third kappa shape index (κ3) is 5.03. The van der Waals surface area contributed by atoms with Crippen molar-refractivity contribution in [2.45, 2.75) is 13.3 Å². The highest BCUT2D eigenvalue weighted by atomic mass is 16.5. The molecule has 1 aromatic carbocycles. The summed E-state index contributed by atoms with van der Waals surface area (Å²) in [4.78, 5) is 11.5. The summed E-state index contributed by atoms with van der Waals surface area (Å²) in [7, 11) is 1.48. The van der Waals surface area contributed by atoms with Gasteiger partial charge in [0.2, 0.25) is 0 Å². The fraction of sp³-hybridized carbons (Fsp3) is 0.357. The van der Waals surface area contributed by atoms with E-state index in [0.717, 1.165) is 0 Å². The maximum atomic E-state index is 11.5. The van der Waals surface area contributed by atoms with Gasteiger partial charge in [0, 0.05) is 12.1 Å². The Morgan fingerprint density at radius 3 is 2.86 bits per heavy atom. The van der Waals surface area contributed by atoms with Crippen LogP contribution < -0.4 is 14.8 Å². The van der Waals surface area contributed by atoms with Gasteiger partial charge in [0.1, 0.15) is 0 Å². The molecule has 0 aliphatic rings. The zero-order chi connectivity index (χ0) is 15.7. The van der Waals surface area contributed by atoms with Gasteiger partial charge in [-0.2, -0.15) is 5.26 Å². The predicted octanol–water partition coefficient (Wildman–Crippen LogP) is 1.30. The number of ether oxygens (including phenoxy) is 2. The number of carbonyl (C=O) groups excluding carboxylic acids is 1. The van der Waals surface area contributed by atoms with Crippen molar-refractivity contribution in [1.29, 1.82) is 5.26 Å². The monoisotopic (exact) mass is 291 g/mol. The summed E-state index contributed by atoms with van der Waals surface area (Å²) in [5.74, 6) is 0.521. The van der Waals surface area contributed by atoms with Gasteiger partial charge in [-0.1, -0.05) is 5.16 Å². The largest absolute Gasteiger partial charge is 0.493 e. The van der Waals surface area contributed by atoms with E-state index in [2.05, 4.69) is 10.5 Å². The van der Waals surface area contributed by atoms with E-state index in [1.807, 2.05) is 6.07 Å². The van der Waals surface area contributed by atoms with Crippen molar-refractivity contribution in [3.63, 3.8) is 0 Å². The number of carbonyl (C=O) groups is 1. The molecule has 0 radical (unpaired) electrons. The average Bonchev–Trinajstić information content (AvgIpc) is 2.52. The lowest BCUT2D eigenvalue weighted by Crippen LogP contribution is -2.29. The smallest absolute Gasteiger partial charge is 0.257 e. The normalized spacial score (nSPS) is 10.6. The Labute approximate surface area is 122 Å². The molecule has 0 heterocycles. The third-order valence-corrected chi connectivity index (χ3v) is 2.65. The highest BCUT2D eigenvalue weighted by Gasteiger charge is 2.09. The van der Waals surface area contributed by atoms with Gasteiger partial charge in [-0.15, -0.1) is 0 Å². The minimum Gasteiger partial charge on any atom is -0.493 e. The van der Waals surface area contributed by atoms with Crippen LogP contribution >= 0.6 is 0 Å². The Hall–Kier alpha value is -2.75. The highest BCUT2D eigenvalue weighted by Crippen LogP contribution is 2.28. The predicted molar refractivity (Wildman–Crippen MR) is 75.7 cm³/mol. The number of nitrogens with zero attached hydrogens (tertiary/aromatic N) is 2. The minimum absolute atomic E-state index is 0.172. The molecule has 0 aromatic heterocycles. The minimum atomic E-state index is -0.315. The summed E-state index contributed by atoms with van der Waals surface area (Å²) in [6.07, 6.45) is 0.254. The summed E-state index contributed by atoms with van der Waals surface area (Å²) in [5, 5.41) is 22.8. The SMILES string of the molecule is COc1cc(/C(C)=N/O)ccc1OCC(=O)NCCC#N. The molecule has 7 heteroatoms. The van der Waals surface area contributed by atoms with Crippen molar-refractivity contribution >= 4 is 11.6 Å². The fourth-order valence-electron chi connectivity index (χ4n) is 1.52. The first kappa shape index (κ1) is 16.3. The summed E-state index contributed by atoms with van der Waals surface area (Å²) < 4.78 is 10.5. The summed E-state index contributed by atoms with van der Waals surface area (Å²) in [6.45, 7) is 1.77. The topological polar surface area (TPSA) is 104 Å². The highest BCUT2D eigenvalue weighted by molar-refractivity contribution is 5.98. The van der Waals surface area contributed by atoms with Crippen molar-refractivity contribution in [3.8, 4) is 17.6 Å². The second-order valence-electron chi connectivity index (χ2n) is 4.10. The van der Waals surface area contributed by atoms with E-state index in [4.69, 9.17) is 19.9 Å². The molecule has 0 fully saturated rings. The first-order valence-corrected chi connectivity index (χ1v) is 6.26. The maximum Gasteiger partial charge on any atom is 0.257 e. The maximum absolute atomic E-state index is 11.5. The first-order chi connectivity index (χ1) is 10.1. The second-order valence-corrected chi connectivity index (χ2v) is 4.10. The van der Waals surface area contributed by atoms with Crippen LogP contribution in [-0.4, -0.2) is 37.1 Å². The molecule has 2 N–H and O–H groups in total. The molecule has 0 spiro atoms. The summed E-state index contributed by atoms with van der Waals surface area (Å²) in [6, 6.07) is 6.91. The Morgan fingerprint density at radius 1 is 1.48 bits per heavy atom. The van der Waals surface area contributed by atoms with Crippen LogP contribution in [0.25, 0.3) is 0 Å². The Balaban J connectivity index is 2.67. The molecule has 7 nitrogen and oxygen atoms in total.